The van der Waals surface area contributed by atoms with E-state index in [1.54, 1.807) is 19.2 Å². The molecule has 2 saturated heterocycles. The van der Waals surface area contributed by atoms with Gasteiger partial charge < -0.3 is 25.2 Å². The Morgan fingerprint density at radius 1 is 1.03 bits per heavy atom. The predicted octanol–water partition coefficient (Wildman–Crippen LogP) is 3.63. The number of likely N-dealkylation sites (N-methyl/N-ethyl adjacent to an activating group) is 1. The first-order valence-electron chi connectivity index (χ1n) is 13.7. The minimum Gasteiger partial charge on any atom is -0.371 e. The maximum absolute atomic E-state index is 12.3. The Morgan fingerprint density at radius 2 is 1.63 bits per heavy atom. The lowest BCUT2D eigenvalue weighted by Gasteiger charge is -2.60. The highest BCUT2D eigenvalue weighted by molar-refractivity contribution is 5.83. The summed E-state index contributed by atoms with van der Waals surface area (Å²) in [6.07, 6.45) is 6.40. The number of hydrogen-bond acceptors (Lipinski definition) is 7. The Labute approximate surface area is 223 Å². The summed E-state index contributed by atoms with van der Waals surface area (Å²) in [5.41, 5.74) is 3.75. The fraction of sp³-hybridized carbons (Fsp3) is 0.517. The quantitative estimate of drug-likeness (QED) is 0.280. The molecule has 9 heteroatoms. The van der Waals surface area contributed by atoms with Crippen LogP contribution in [0.25, 0.3) is 0 Å². The van der Waals surface area contributed by atoms with Gasteiger partial charge in [0.15, 0.2) is 0 Å². The smallest absolute Gasteiger partial charge is 0.269 e. The molecule has 38 heavy (non-hydrogen) atoms. The molecule has 1 aliphatic carbocycles. The van der Waals surface area contributed by atoms with Crippen molar-refractivity contribution in [3.8, 4) is 0 Å². The number of nitro benzene ring substituents is 1. The molecule has 0 radical (unpaired) electrons. The van der Waals surface area contributed by atoms with E-state index in [0.717, 1.165) is 56.6 Å². The fourth-order valence-corrected chi connectivity index (χ4v) is 6.51. The van der Waals surface area contributed by atoms with E-state index in [1.165, 1.54) is 18.5 Å². The summed E-state index contributed by atoms with van der Waals surface area (Å²) in [5, 5.41) is 17.5. The highest BCUT2D eigenvalue weighted by Crippen LogP contribution is 2.50. The van der Waals surface area contributed by atoms with Crippen molar-refractivity contribution in [3.63, 3.8) is 0 Å². The van der Waals surface area contributed by atoms with E-state index in [1.807, 2.05) is 24.3 Å². The third-order valence-electron chi connectivity index (χ3n) is 8.60. The highest BCUT2D eigenvalue weighted by Gasteiger charge is 2.52. The van der Waals surface area contributed by atoms with Crippen LogP contribution in [0.2, 0.25) is 0 Å². The molecule has 1 spiro atoms. The van der Waals surface area contributed by atoms with Gasteiger partial charge in [0.2, 0.25) is 5.91 Å². The summed E-state index contributed by atoms with van der Waals surface area (Å²) in [6.45, 7) is 4.08. The first-order chi connectivity index (χ1) is 18.4. The van der Waals surface area contributed by atoms with Gasteiger partial charge in [0.1, 0.15) is 6.29 Å². The van der Waals surface area contributed by atoms with Gasteiger partial charge in [-0.25, -0.2) is 0 Å². The van der Waals surface area contributed by atoms with Crippen LogP contribution >= 0.6 is 0 Å². The minimum atomic E-state index is -0.354. The second-order valence-corrected chi connectivity index (χ2v) is 11.2. The highest BCUT2D eigenvalue weighted by atomic mass is 16.6. The molecular weight excluding hydrogens is 482 g/mol. The number of aldehydes is 1. The molecule has 2 N–H and O–H groups in total. The van der Waals surface area contributed by atoms with Gasteiger partial charge in [0.25, 0.3) is 5.69 Å². The average Bonchev–Trinajstić information content (AvgIpc) is 2.90. The van der Waals surface area contributed by atoms with E-state index in [2.05, 4.69) is 32.6 Å². The molecule has 2 aromatic carbocycles. The van der Waals surface area contributed by atoms with Gasteiger partial charge >= 0.3 is 0 Å². The van der Waals surface area contributed by atoms with E-state index in [-0.39, 0.29) is 22.4 Å². The molecule has 1 amide bonds. The molecule has 1 saturated carbocycles. The molecule has 0 bridgehead atoms. The topological polar surface area (TPSA) is 108 Å². The number of anilines is 2. The van der Waals surface area contributed by atoms with E-state index < -0.39 is 0 Å². The van der Waals surface area contributed by atoms with E-state index >= 15 is 0 Å². The summed E-state index contributed by atoms with van der Waals surface area (Å²) >= 11 is 0. The Morgan fingerprint density at radius 3 is 2.21 bits per heavy atom. The zero-order valence-electron chi connectivity index (χ0n) is 22.0. The van der Waals surface area contributed by atoms with Crippen LogP contribution in [0.4, 0.5) is 17.1 Å². The van der Waals surface area contributed by atoms with Crippen molar-refractivity contribution in [2.24, 2.45) is 5.41 Å². The maximum atomic E-state index is 12.3. The Kier molecular flexibility index (Phi) is 7.65. The van der Waals surface area contributed by atoms with Gasteiger partial charge in [-0.15, -0.1) is 0 Å². The van der Waals surface area contributed by atoms with Crippen LogP contribution in [0, 0.1) is 15.5 Å². The van der Waals surface area contributed by atoms with Gasteiger partial charge in [-0.05, 0) is 61.9 Å². The number of carbonyl (C=O) groups is 2. The predicted molar refractivity (Wildman–Crippen MR) is 148 cm³/mol. The number of benzene rings is 2. The standard InChI is InChI=1S/C29H37N5O4/c1-30-28(36)27(3-2-16-35)21-4-6-24(7-5-21)32-14-12-22(13-15-32)31-23-17-29(18-23)19-33(20-29)25-8-10-26(11-9-25)34(37)38/h4-11,16,22-23,27,31H,2-3,12-15,17-20H2,1H3,(H,30,36). The summed E-state index contributed by atoms with van der Waals surface area (Å²) < 4.78 is 0. The van der Waals surface area contributed by atoms with Crippen molar-refractivity contribution in [2.75, 3.05) is 43.0 Å². The molecule has 0 aromatic heterocycles. The zero-order valence-corrected chi connectivity index (χ0v) is 22.0. The Bertz CT molecular complexity index is 1130. The van der Waals surface area contributed by atoms with Crippen LogP contribution < -0.4 is 20.4 Å². The van der Waals surface area contributed by atoms with Crippen molar-refractivity contribution in [3.05, 3.63) is 64.2 Å². The third-order valence-corrected chi connectivity index (χ3v) is 8.60. The largest absolute Gasteiger partial charge is 0.371 e. The van der Waals surface area contributed by atoms with Crippen molar-refractivity contribution < 1.29 is 14.5 Å². The average molecular weight is 520 g/mol. The molecule has 1 unspecified atom stereocenters. The second-order valence-electron chi connectivity index (χ2n) is 11.2. The Balaban J connectivity index is 1.04. The molecule has 2 heterocycles. The van der Waals surface area contributed by atoms with Crippen LogP contribution in [0.15, 0.2) is 48.5 Å². The molecule has 2 aromatic rings. The summed E-state index contributed by atoms with van der Waals surface area (Å²) in [4.78, 5) is 38.3. The lowest BCUT2D eigenvalue weighted by molar-refractivity contribution is -0.384. The number of rotatable bonds is 10. The number of nitro groups is 1. The van der Waals surface area contributed by atoms with E-state index in [0.29, 0.717) is 30.3 Å². The molecule has 202 valence electrons. The molecule has 1 atom stereocenters. The van der Waals surface area contributed by atoms with E-state index in [4.69, 9.17) is 0 Å². The van der Waals surface area contributed by atoms with Crippen molar-refractivity contribution >= 4 is 29.3 Å². The van der Waals surface area contributed by atoms with Crippen LogP contribution in [0.1, 0.15) is 50.0 Å². The van der Waals surface area contributed by atoms with Gasteiger partial charge in [0.05, 0.1) is 10.8 Å². The van der Waals surface area contributed by atoms with Crippen molar-refractivity contribution in [2.45, 2.75) is 56.5 Å². The number of non-ortho nitro benzene ring substituents is 1. The van der Waals surface area contributed by atoms with Crippen LogP contribution in [-0.4, -0.2) is 62.4 Å². The number of piperidine rings is 1. The normalized spacial score (nSPS) is 19.9. The zero-order chi connectivity index (χ0) is 26.7. The third kappa shape index (κ3) is 5.53. The summed E-state index contributed by atoms with van der Waals surface area (Å²) in [6, 6.07) is 16.3. The number of nitrogens with zero attached hydrogens (tertiary/aromatic N) is 3. The molecule has 2 aliphatic heterocycles. The molecule has 3 fully saturated rings. The summed E-state index contributed by atoms with van der Waals surface area (Å²) in [7, 11) is 1.63. The first kappa shape index (κ1) is 26.2. The van der Waals surface area contributed by atoms with Gasteiger partial charge in [-0.3, -0.25) is 14.9 Å². The van der Waals surface area contributed by atoms with E-state index in [9.17, 15) is 19.7 Å². The van der Waals surface area contributed by atoms with Crippen molar-refractivity contribution in [1.82, 2.24) is 10.6 Å². The van der Waals surface area contributed by atoms with Gasteiger partial charge in [0, 0.05) is 80.7 Å². The SMILES string of the molecule is CNC(=O)C(CCC=O)c1ccc(N2CCC(NC3CC4(C3)CN(c3ccc([N+](=O)[O-])cc3)C4)CC2)cc1. The monoisotopic (exact) mass is 519 g/mol. The molecular formula is C29H37N5O4. The van der Waals surface area contributed by atoms with Crippen LogP contribution in [0.5, 0.6) is 0 Å². The van der Waals surface area contributed by atoms with Gasteiger partial charge in [-0.1, -0.05) is 12.1 Å². The second kappa shape index (κ2) is 11.1. The number of carbonyl (C=O) groups excluding carboxylic acids is 2. The molecule has 9 nitrogen and oxygen atoms in total. The molecule has 5 rings (SSSR count). The lowest BCUT2D eigenvalue weighted by atomic mass is 9.60. The van der Waals surface area contributed by atoms with Crippen LogP contribution in [-0.2, 0) is 9.59 Å². The van der Waals surface area contributed by atoms with Crippen molar-refractivity contribution in [1.29, 1.82) is 0 Å². The number of amides is 1. The number of nitrogens with one attached hydrogen (secondary N) is 2. The summed E-state index contributed by atoms with van der Waals surface area (Å²) in [5.74, 6) is -0.345. The van der Waals surface area contributed by atoms with Gasteiger partial charge in [-0.2, -0.15) is 0 Å². The minimum absolute atomic E-state index is 0.0507. The first-order valence-corrected chi connectivity index (χ1v) is 13.7. The lowest BCUT2D eigenvalue weighted by Crippen LogP contribution is -2.67. The fourth-order valence-electron chi connectivity index (χ4n) is 6.51. The number of hydrogen-bond donors (Lipinski definition) is 2. The Hall–Kier alpha value is -3.46. The maximum Gasteiger partial charge on any atom is 0.269 e. The molecule has 3 aliphatic rings. The van der Waals surface area contributed by atoms with Crippen LogP contribution in [0.3, 0.4) is 0 Å².